The number of aromatic amines is 1. The van der Waals surface area contributed by atoms with E-state index in [1.807, 2.05) is 31.2 Å². The molecule has 3 rings (SSSR count). The highest BCUT2D eigenvalue weighted by Crippen LogP contribution is 2.20. The molecule has 5 heteroatoms. The number of hydrogen-bond acceptors (Lipinski definition) is 3. The zero-order valence-electron chi connectivity index (χ0n) is 14.0. The minimum atomic E-state index is -0.218. The topological polar surface area (TPSA) is 74.8 Å². The van der Waals surface area contributed by atoms with Crippen LogP contribution in [-0.2, 0) is 11.2 Å². The van der Waals surface area contributed by atoms with Crippen LogP contribution in [0, 0.1) is 0 Å². The number of hydrogen-bond donors (Lipinski definition) is 2. The molecule has 126 valence electrons. The average molecular weight is 325 g/mol. The van der Waals surface area contributed by atoms with Gasteiger partial charge in [-0.3, -0.25) is 9.59 Å². The van der Waals surface area contributed by atoms with Gasteiger partial charge in [-0.25, -0.2) is 4.98 Å². The number of nitrogens with one attached hydrogen (secondary N) is 2. The van der Waals surface area contributed by atoms with Crippen molar-refractivity contribution < 1.29 is 4.79 Å². The third kappa shape index (κ3) is 3.91. The first-order valence-corrected chi connectivity index (χ1v) is 8.60. The predicted molar refractivity (Wildman–Crippen MR) is 94.8 cm³/mol. The monoisotopic (exact) mass is 325 g/mol. The maximum Gasteiger partial charge on any atom is 0.270 e. The fraction of sp³-hybridized carbons (Fsp3) is 0.421. The second-order valence-corrected chi connectivity index (χ2v) is 6.34. The zero-order chi connectivity index (χ0) is 16.9. The Morgan fingerprint density at radius 3 is 2.96 bits per heavy atom. The number of benzene rings is 1. The zero-order valence-corrected chi connectivity index (χ0v) is 14.0. The molecule has 0 saturated heterocycles. The Morgan fingerprint density at radius 1 is 1.33 bits per heavy atom. The Bertz CT molecular complexity index is 823. The minimum absolute atomic E-state index is 0.0386. The van der Waals surface area contributed by atoms with Crippen LogP contribution in [0.3, 0.4) is 0 Å². The first kappa shape index (κ1) is 16.4. The van der Waals surface area contributed by atoms with Crippen molar-refractivity contribution in [3.63, 3.8) is 0 Å². The van der Waals surface area contributed by atoms with Crippen molar-refractivity contribution in [3.8, 4) is 0 Å². The number of nitrogens with zero attached hydrogens (tertiary/aromatic N) is 1. The van der Waals surface area contributed by atoms with Crippen molar-refractivity contribution >= 4 is 16.9 Å². The Kier molecular flexibility index (Phi) is 5.08. The molecule has 0 aliphatic heterocycles. The number of amides is 1. The molecular formula is C19H23N3O2. The largest absolute Gasteiger partial charge is 0.350 e. The van der Waals surface area contributed by atoms with Gasteiger partial charge in [0.25, 0.3) is 5.56 Å². The normalized spacial score (nSPS) is 15.8. The molecule has 0 fully saturated rings. The van der Waals surface area contributed by atoms with Gasteiger partial charge in [0, 0.05) is 18.9 Å². The summed E-state index contributed by atoms with van der Waals surface area (Å²) in [5, 5.41) is 3.03. The number of para-hydroxylation sites is 2. The molecule has 0 unspecified atom stereocenters. The summed E-state index contributed by atoms with van der Waals surface area (Å²) in [6.07, 6.45) is 7.45. The number of allylic oxidation sites excluding steroid dienone is 1. The minimum Gasteiger partial charge on any atom is -0.350 e. The summed E-state index contributed by atoms with van der Waals surface area (Å²) in [6, 6.07) is 7.48. The third-order valence-electron chi connectivity index (χ3n) is 4.52. The highest BCUT2D eigenvalue weighted by molar-refractivity contribution is 5.77. The molecule has 1 aromatic carbocycles. The molecule has 24 heavy (non-hydrogen) atoms. The van der Waals surface area contributed by atoms with Crippen molar-refractivity contribution in [1.82, 2.24) is 15.3 Å². The summed E-state index contributed by atoms with van der Waals surface area (Å²) in [4.78, 5) is 31.4. The standard InChI is InChI=1S/C19H23N3O2/c1-13(14-7-3-2-4-8-14)20-18(23)12-11-17-19(24)22-16-10-6-5-9-15(16)21-17/h5-7,9-10,13H,2-4,8,11-12H2,1H3,(H,20,23)(H,22,24)/t13-/m0/s1. The van der Waals surface area contributed by atoms with Crippen LogP contribution >= 0.6 is 0 Å². The summed E-state index contributed by atoms with van der Waals surface area (Å²) in [5.74, 6) is -0.0386. The molecule has 1 heterocycles. The van der Waals surface area contributed by atoms with Crippen LogP contribution in [0.2, 0.25) is 0 Å². The molecule has 1 atom stereocenters. The molecule has 5 nitrogen and oxygen atoms in total. The van der Waals surface area contributed by atoms with E-state index in [1.54, 1.807) is 0 Å². The SMILES string of the molecule is C[C@H](NC(=O)CCc1nc2ccccc2[nH]c1=O)C1=CCCCC1. The second-order valence-electron chi connectivity index (χ2n) is 6.34. The van der Waals surface area contributed by atoms with E-state index < -0.39 is 0 Å². The van der Waals surface area contributed by atoms with Gasteiger partial charge in [-0.1, -0.05) is 23.8 Å². The number of H-pyrrole nitrogens is 1. The van der Waals surface area contributed by atoms with Crippen LogP contribution in [0.15, 0.2) is 40.7 Å². The summed E-state index contributed by atoms with van der Waals surface area (Å²) in [6.45, 7) is 2.02. The number of aryl methyl sites for hydroxylation is 1. The van der Waals surface area contributed by atoms with Gasteiger partial charge in [0.15, 0.2) is 0 Å². The van der Waals surface area contributed by atoms with Crippen LogP contribution in [-0.4, -0.2) is 21.9 Å². The van der Waals surface area contributed by atoms with Gasteiger partial charge < -0.3 is 10.3 Å². The number of rotatable bonds is 5. The van der Waals surface area contributed by atoms with Gasteiger partial charge in [0.05, 0.1) is 11.0 Å². The molecule has 1 aliphatic rings. The Balaban J connectivity index is 1.61. The Morgan fingerprint density at radius 2 is 2.17 bits per heavy atom. The lowest BCUT2D eigenvalue weighted by molar-refractivity contribution is -0.121. The molecular weight excluding hydrogens is 302 g/mol. The van der Waals surface area contributed by atoms with Gasteiger partial charge in [-0.15, -0.1) is 0 Å². The molecule has 1 aliphatic carbocycles. The van der Waals surface area contributed by atoms with Crippen molar-refractivity contribution in [2.24, 2.45) is 0 Å². The van der Waals surface area contributed by atoms with E-state index in [2.05, 4.69) is 21.4 Å². The number of carbonyl (C=O) groups excluding carboxylic acids is 1. The summed E-state index contributed by atoms with van der Waals surface area (Å²) in [5.41, 5.74) is 2.97. The Hall–Kier alpha value is -2.43. The number of carbonyl (C=O) groups is 1. The highest BCUT2D eigenvalue weighted by Gasteiger charge is 2.15. The predicted octanol–water partition coefficient (Wildman–Crippen LogP) is 2.86. The molecule has 2 aromatic rings. The Labute approximate surface area is 141 Å². The van der Waals surface area contributed by atoms with E-state index in [4.69, 9.17) is 0 Å². The van der Waals surface area contributed by atoms with E-state index in [0.29, 0.717) is 17.6 Å². The fourth-order valence-electron chi connectivity index (χ4n) is 3.13. The van der Waals surface area contributed by atoms with Crippen molar-refractivity contribution in [1.29, 1.82) is 0 Å². The molecule has 1 aromatic heterocycles. The van der Waals surface area contributed by atoms with Gasteiger partial charge in [-0.05, 0) is 44.7 Å². The molecule has 0 saturated carbocycles. The van der Waals surface area contributed by atoms with Gasteiger partial charge >= 0.3 is 0 Å². The lowest BCUT2D eigenvalue weighted by Gasteiger charge is -2.20. The number of fused-ring (bicyclic) bond motifs is 1. The molecule has 0 bridgehead atoms. The van der Waals surface area contributed by atoms with Gasteiger partial charge in [-0.2, -0.15) is 0 Å². The first-order chi connectivity index (χ1) is 11.6. The van der Waals surface area contributed by atoms with Crippen molar-refractivity contribution in [2.75, 3.05) is 0 Å². The maximum atomic E-state index is 12.2. The van der Waals surface area contributed by atoms with E-state index in [0.717, 1.165) is 18.4 Å². The van der Waals surface area contributed by atoms with Crippen LogP contribution in [0.4, 0.5) is 0 Å². The van der Waals surface area contributed by atoms with Crippen LogP contribution in [0.5, 0.6) is 0 Å². The van der Waals surface area contributed by atoms with Crippen molar-refractivity contribution in [3.05, 3.63) is 52.0 Å². The highest BCUT2D eigenvalue weighted by atomic mass is 16.1. The van der Waals surface area contributed by atoms with E-state index >= 15 is 0 Å². The first-order valence-electron chi connectivity index (χ1n) is 8.60. The molecule has 0 spiro atoms. The van der Waals surface area contributed by atoms with E-state index in [1.165, 1.54) is 18.4 Å². The second kappa shape index (κ2) is 7.43. The van der Waals surface area contributed by atoms with E-state index in [-0.39, 0.29) is 23.9 Å². The average Bonchev–Trinajstić information content (AvgIpc) is 2.60. The van der Waals surface area contributed by atoms with Crippen LogP contribution in [0.1, 0.15) is 44.7 Å². The van der Waals surface area contributed by atoms with Gasteiger partial charge in [0.2, 0.25) is 5.91 Å². The van der Waals surface area contributed by atoms with Gasteiger partial charge in [0.1, 0.15) is 5.69 Å². The number of aromatic nitrogens is 2. The lowest BCUT2D eigenvalue weighted by Crippen LogP contribution is -2.34. The maximum absolute atomic E-state index is 12.2. The third-order valence-corrected chi connectivity index (χ3v) is 4.52. The van der Waals surface area contributed by atoms with Crippen LogP contribution in [0.25, 0.3) is 11.0 Å². The van der Waals surface area contributed by atoms with Crippen LogP contribution < -0.4 is 10.9 Å². The fourth-order valence-corrected chi connectivity index (χ4v) is 3.13. The quantitative estimate of drug-likeness (QED) is 0.830. The lowest BCUT2D eigenvalue weighted by atomic mass is 9.94. The summed E-state index contributed by atoms with van der Waals surface area (Å²) >= 11 is 0. The summed E-state index contributed by atoms with van der Waals surface area (Å²) < 4.78 is 0. The molecule has 0 radical (unpaired) electrons. The van der Waals surface area contributed by atoms with E-state index in [9.17, 15) is 9.59 Å². The summed E-state index contributed by atoms with van der Waals surface area (Å²) in [7, 11) is 0. The van der Waals surface area contributed by atoms with Crippen molar-refractivity contribution in [2.45, 2.75) is 51.5 Å². The molecule has 2 N–H and O–H groups in total. The molecule has 1 amide bonds. The smallest absolute Gasteiger partial charge is 0.270 e.